The molecule has 0 unspecified atom stereocenters. The molecular formula is C9H7ClF2O3. The van der Waals surface area contributed by atoms with Gasteiger partial charge in [0.25, 0.3) is 0 Å². The van der Waals surface area contributed by atoms with Gasteiger partial charge in [-0.1, -0.05) is 11.6 Å². The van der Waals surface area contributed by atoms with Crippen LogP contribution in [0.2, 0.25) is 5.02 Å². The van der Waals surface area contributed by atoms with Gasteiger partial charge in [0.15, 0.2) is 6.61 Å². The van der Waals surface area contributed by atoms with Gasteiger partial charge in [0, 0.05) is 12.1 Å². The maximum Gasteiger partial charge on any atom is 0.343 e. The van der Waals surface area contributed by atoms with Gasteiger partial charge in [-0.2, -0.15) is 0 Å². The second kappa shape index (κ2) is 4.93. The molecule has 82 valence electrons. The fourth-order valence-electron chi connectivity index (χ4n) is 0.833. The van der Waals surface area contributed by atoms with E-state index in [0.717, 1.165) is 6.07 Å². The molecule has 0 heterocycles. The van der Waals surface area contributed by atoms with Crippen molar-refractivity contribution in [3.05, 3.63) is 28.8 Å². The number of rotatable bonds is 3. The van der Waals surface area contributed by atoms with Gasteiger partial charge in [-0.15, -0.1) is 0 Å². The minimum absolute atomic E-state index is 0.237. The van der Waals surface area contributed by atoms with Gasteiger partial charge < -0.3 is 9.47 Å². The van der Waals surface area contributed by atoms with Gasteiger partial charge in [0.05, 0.1) is 7.11 Å². The summed E-state index contributed by atoms with van der Waals surface area (Å²) in [6.45, 7) is -0.459. The second-order valence-electron chi connectivity index (χ2n) is 2.56. The van der Waals surface area contributed by atoms with Crippen LogP contribution in [0.3, 0.4) is 0 Å². The van der Waals surface area contributed by atoms with E-state index in [1.807, 2.05) is 0 Å². The maximum atomic E-state index is 12.9. The molecular weight excluding hydrogens is 230 g/mol. The molecule has 1 aromatic rings. The van der Waals surface area contributed by atoms with Crippen LogP contribution >= 0.6 is 11.6 Å². The Bertz CT molecular complexity index is 382. The third-order valence-corrected chi connectivity index (χ3v) is 1.90. The first-order chi connectivity index (χ1) is 7.04. The van der Waals surface area contributed by atoms with Crippen molar-refractivity contribution in [1.82, 2.24) is 0 Å². The molecule has 0 fully saturated rings. The number of methoxy groups -OCH3 is 1. The fraction of sp³-hybridized carbons (Fsp3) is 0.222. The third kappa shape index (κ3) is 3.06. The van der Waals surface area contributed by atoms with Crippen molar-refractivity contribution in [2.45, 2.75) is 0 Å². The van der Waals surface area contributed by atoms with E-state index >= 15 is 0 Å². The van der Waals surface area contributed by atoms with Crippen LogP contribution in [0.15, 0.2) is 12.1 Å². The van der Waals surface area contributed by atoms with Crippen molar-refractivity contribution < 1.29 is 23.0 Å². The number of esters is 1. The Morgan fingerprint density at radius 2 is 2.13 bits per heavy atom. The monoisotopic (exact) mass is 236 g/mol. The van der Waals surface area contributed by atoms with E-state index < -0.39 is 24.2 Å². The molecule has 0 saturated carbocycles. The third-order valence-electron chi connectivity index (χ3n) is 1.53. The summed E-state index contributed by atoms with van der Waals surface area (Å²) in [7, 11) is 1.17. The maximum absolute atomic E-state index is 12.9. The summed E-state index contributed by atoms with van der Waals surface area (Å²) in [5.41, 5.74) is 0. The van der Waals surface area contributed by atoms with E-state index in [2.05, 4.69) is 4.74 Å². The Hall–Kier alpha value is -1.36. The quantitative estimate of drug-likeness (QED) is 0.596. The SMILES string of the molecule is COC(=O)COc1cc(F)cc(F)c1Cl. The summed E-state index contributed by atoms with van der Waals surface area (Å²) in [5, 5.41) is -0.375. The number of carbonyl (C=O) groups excluding carboxylic acids is 1. The smallest absolute Gasteiger partial charge is 0.343 e. The van der Waals surface area contributed by atoms with Crippen LogP contribution in [0.4, 0.5) is 8.78 Å². The zero-order valence-electron chi connectivity index (χ0n) is 7.72. The van der Waals surface area contributed by atoms with Crippen molar-refractivity contribution in [3.8, 4) is 5.75 Å². The van der Waals surface area contributed by atoms with Crippen LogP contribution in [0.1, 0.15) is 0 Å². The summed E-state index contributed by atoms with van der Waals surface area (Å²) in [6.07, 6.45) is 0. The Labute approximate surface area is 89.5 Å². The summed E-state index contributed by atoms with van der Waals surface area (Å²) < 4.78 is 34.6. The lowest BCUT2D eigenvalue weighted by atomic mass is 10.3. The highest BCUT2D eigenvalue weighted by molar-refractivity contribution is 6.32. The minimum atomic E-state index is -0.948. The van der Waals surface area contributed by atoms with E-state index in [0.29, 0.717) is 6.07 Å². The highest BCUT2D eigenvalue weighted by Crippen LogP contribution is 2.28. The van der Waals surface area contributed by atoms with E-state index in [1.165, 1.54) is 7.11 Å². The summed E-state index contributed by atoms with van der Waals surface area (Å²) >= 11 is 5.47. The summed E-state index contributed by atoms with van der Waals surface area (Å²) in [6, 6.07) is 1.50. The predicted octanol–water partition coefficient (Wildman–Crippen LogP) is 2.17. The zero-order valence-corrected chi connectivity index (χ0v) is 8.48. The zero-order chi connectivity index (χ0) is 11.4. The van der Waals surface area contributed by atoms with Crippen LogP contribution in [0, 0.1) is 11.6 Å². The molecule has 1 rings (SSSR count). The molecule has 0 spiro atoms. The number of benzene rings is 1. The largest absolute Gasteiger partial charge is 0.480 e. The Morgan fingerprint density at radius 1 is 1.47 bits per heavy atom. The highest BCUT2D eigenvalue weighted by Gasteiger charge is 2.11. The average molecular weight is 237 g/mol. The van der Waals surface area contributed by atoms with Crippen LogP contribution in [0.25, 0.3) is 0 Å². The fourth-order valence-corrected chi connectivity index (χ4v) is 0.997. The van der Waals surface area contributed by atoms with Crippen molar-refractivity contribution in [3.63, 3.8) is 0 Å². The standard InChI is InChI=1S/C9H7ClF2O3/c1-14-8(13)4-15-7-3-5(11)2-6(12)9(7)10/h2-3H,4H2,1H3. The molecule has 0 aliphatic carbocycles. The van der Waals surface area contributed by atoms with Crippen LogP contribution in [0.5, 0.6) is 5.75 Å². The number of halogens is 3. The number of ether oxygens (including phenoxy) is 2. The first-order valence-corrected chi connectivity index (χ1v) is 4.26. The normalized spacial score (nSPS) is 9.87. The van der Waals surface area contributed by atoms with E-state index in [4.69, 9.17) is 16.3 Å². The van der Waals surface area contributed by atoms with Crippen molar-refractivity contribution in [2.24, 2.45) is 0 Å². The second-order valence-corrected chi connectivity index (χ2v) is 2.94. The summed E-state index contributed by atoms with van der Waals surface area (Å²) in [5.74, 6) is -2.69. The van der Waals surface area contributed by atoms with Gasteiger partial charge in [-0.25, -0.2) is 13.6 Å². The number of hydrogen-bond donors (Lipinski definition) is 0. The molecule has 0 atom stereocenters. The number of hydrogen-bond acceptors (Lipinski definition) is 3. The molecule has 0 amide bonds. The molecule has 0 N–H and O–H groups in total. The Balaban J connectivity index is 2.81. The molecule has 0 saturated heterocycles. The lowest BCUT2D eigenvalue weighted by molar-refractivity contribution is -0.142. The van der Waals surface area contributed by atoms with Crippen molar-refractivity contribution in [1.29, 1.82) is 0 Å². The predicted molar refractivity (Wildman–Crippen MR) is 48.9 cm³/mol. The Morgan fingerprint density at radius 3 is 2.73 bits per heavy atom. The van der Waals surface area contributed by atoms with Gasteiger partial charge in [-0.3, -0.25) is 0 Å². The minimum Gasteiger partial charge on any atom is -0.480 e. The molecule has 0 bridgehead atoms. The lowest BCUT2D eigenvalue weighted by Gasteiger charge is -2.07. The van der Waals surface area contributed by atoms with E-state index in [9.17, 15) is 13.6 Å². The Kier molecular flexibility index (Phi) is 3.85. The molecule has 1 aromatic carbocycles. The molecule has 0 aliphatic heterocycles. The molecule has 3 nitrogen and oxygen atoms in total. The van der Waals surface area contributed by atoms with Gasteiger partial charge in [0.1, 0.15) is 22.4 Å². The van der Waals surface area contributed by atoms with Crippen molar-refractivity contribution in [2.75, 3.05) is 13.7 Å². The lowest BCUT2D eigenvalue weighted by Crippen LogP contribution is -2.13. The van der Waals surface area contributed by atoms with Crippen LogP contribution in [-0.2, 0) is 9.53 Å². The van der Waals surface area contributed by atoms with E-state index in [1.54, 1.807) is 0 Å². The van der Waals surface area contributed by atoms with Crippen LogP contribution in [-0.4, -0.2) is 19.7 Å². The molecule has 0 aromatic heterocycles. The average Bonchev–Trinajstić information content (AvgIpc) is 2.20. The van der Waals surface area contributed by atoms with Crippen molar-refractivity contribution >= 4 is 17.6 Å². The molecule has 0 radical (unpaired) electrons. The molecule has 15 heavy (non-hydrogen) atoms. The number of carbonyl (C=O) groups is 1. The molecule has 0 aliphatic rings. The van der Waals surface area contributed by atoms with Gasteiger partial charge in [-0.05, 0) is 0 Å². The van der Waals surface area contributed by atoms with Gasteiger partial charge in [0.2, 0.25) is 0 Å². The first-order valence-electron chi connectivity index (χ1n) is 3.88. The summed E-state index contributed by atoms with van der Waals surface area (Å²) in [4.78, 5) is 10.7. The molecule has 6 heteroatoms. The highest BCUT2D eigenvalue weighted by atomic mass is 35.5. The topological polar surface area (TPSA) is 35.5 Å². The van der Waals surface area contributed by atoms with Gasteiger partial charge >= 0.3 is 5.97 Å². The van der Waals surface area contributed by atoms with Crippen LogP contribution < -0.4 is 4.74 Å². The van der Waals surface area contributed by atoms with E-state index in [-0.39, 0.29) is 10.8 Å². The first kappa shape index (κ1) is 11.7.